The van der Waals surface area contributed by atoms with E-state index in [0.29, 0.717) is 0 Å². The van der Waals surface area contributed by atoms with Crippen molar-refractivity contribution in [3.8, 4) is 0 Å². The van der Waals surface area contributed by atoms with Crippen LogP contribution in [0, 0.1) is 0 Å². The minimum Gasteiger partial charge on any atom is -0.266 e. The van der Waals surface area contributed by atoms with Crippen molar-refractivity contribution in [3.05, 3.63) is 150 Å². The molecule has 0 saturated carbocycles. The third kappa shape index (κ3) is 5.90. The van der Waals surface area contributed by atoms with Crippen LogP contribution in [0.1, 0.15) is 43.0 Å². The van der Waals surface area contributed by atoms with E-state index in [1.54, 1.807) is 0 Å². The first-order valence-corrected chi connectivity index (χ1v) is 25.8. The molecule has 2 nitrogen and oxygen atoms in total. The van der Waals surface area contributed by atoms with E-state index in [-0.39, 0.29) is 5.04 Å². The third-order valence-electron chi connectivity index (χ3n) is 9.60. The number of allylic oxidation sites excluding steroid dienone is 2. The van der Waals surface area contributed by atoms with E-state index in [0.717, 1.165) is 0 Å². The number of aromatic nitrogens is 2. The molecular weight excluding hydrogens is 617 g/mol. The Morgan fingerprint density at radius 2 is 0.809 bits per heavy atom. The summed E-state index contributed by atoms with van der Waals surface area (Å²) in [5, 5.41) is 6.68. The summed E-state index contributed by atoms with van der Waals surface area (Å²) >= 11 is 0. The Kier molecular flexibility index (Phi) is 8.62. The van der Waals surface area contributed by atoms with Crippen LogP contribution in [0.3, 0.4) is 0 Å². The van der Waals surface area contributed by atoms with Gasteiger partial charge in [0.2, 0.25) is 0 Å². The third-order valence-corrected chi connectivity index (χ3v) is 19.3. The van der Waals surface area contributed by atoms with Gasteiger partial charge in [-0.25, -0.2) is 0 Å². The molecule has 3 heterocycles. The molecule has 0 unspecified atom stereocenters. The molecule has 47 heavy (non-hydrogen) atoms. The lowest BCUT2D eigenvalue weighted by molar-refractivity contribution is 0.741. The Morgan fingerprint density at radius 3 is 1.11 bits per heavy atom. The van der Waals surface area contributed by atoms with Gasteiger partial charge in [0.25, 0.3) is 0 Å². The first kappa shape index (κ1) is 33.0. The Labute approximate surface area is 285 Å². The van der Waals surface area contributed by atoms with Crippen molar-refractivity contribution < 1.29 is 0 Å². The lowest BCUT2D eigenvalue weighted by atomic mass is 9.89. The first-order valence-electron chi connectivity index (χ1n) is 16.8. The zero-order chi connectivity index (χ0) is 33.6. The van der Waals surface area contributed by atoms with Gasteiger partial charge in [0.15, 0.2) is 8.07 Å². The van der Waals surface area contributed by atoms with Gasteiger partial charge in [-0.15, -0.1) is 0 Å². The fourth-order valence-electron chi connectivity index (χ4n) is 7.39. The molecule has 2 aromatic heterocycles. The van der Waals surface area contributed by atoms with Crippen molar-refractivity contribution in [2.75, 3.05) is 0 Å². The molecule has 238 valence electrons. The van der Waals surface area contributed by atoms with E-state index in [4.69, 9.17) is 9.97 Å². The van der Waals surface area contributed by atoms with Gasteiger partial charge in [-0.2, -0.15) is 0 Å². The number of hydrogen-bond acceptors (Lipinski definition) is 2. The predicted octanol–water partition coefficient (Wildman–Crippen LogP) is 9.34. The molecule has 5 aromatic rings. The van der Waals surface area contributed by atoms with E-state index >= 15 is 0 Å². The van der Waals surface area contributed by atoms with Crippen molar-refractivity contribution in [3.63, 3.8) is 0 Å². The Balaban J connectivity index is 1.85. The summed E-state index contributed by atoms with van der Waals surface area (Å²) in [6.07, 6.45) is 4.39. The van der Waals surface area contributed by atoms with E-state index in [1.807, 2.05) is 0 Å². The Bertz CT molecular complexity index is 1810. The molecule has 0 saturated heterocycles. The second-order valence-corrected chi connectivity index (χ2v) is 30.6. The molecule has 1 aliphatic rings. The SMILES string of the molecule is CC(C)(C)[Si]1(c2ccccc2)C(c2ccc([Si](C)(C)C)nc2)=C(c2ccccc2)C(c2ccccc2)=C1c1ccc([Si](C)(C)C)nc1. The second-order valence-electron chi connectivity index (χ2n) is 16.0. The summed E-state index contributed by atoms with van der Waals surface area (Å²) in [6, 6.07) is 42.9. The van der Waals surface area contributed by atoms with Crippen LogP contribution in [0.2, 0.25) is 44.3 Å². The summed E-state index contributed by atoms with van der Waals surface area (Å²) in [7, 11) is -6.06. The highest BCUT2D eigenvalue weighted by Crippen LogP contribution is 2.62. The molecule has 0 N–H and O–H groups in total. The Morgan fingerprint density at radius 1 is 0.447 bits per heavy atom. The molecule has 0 amide bonds. The van der Waals surface area contributed by atoms with E-state index in [2.05, 4.69) is 188 Å². The fraction of sp³-hybridized carbons (Fsp3) is 0.238. The maximum absolute atomic E-state index is 5.22. The van der Waals surface area contributed by atoms with E-state index in [1.165, 1.54) is 59.6 Å². The zero-order valence-corrected chi connectivity index (χ0v) is 32.5. The van der Waals surface area contributed by atoms with E-state index in [9.17, 15) is 0 Å². The highest BCUT2D eigenvalue weighted by molar-refractivity contribution is 7.23. The van der Waals surface area contributed by atoms with Crippen LogP contribution in [-0.2, 0) is 0 Å². The minimum atomic E-state index is -2.87. The number of nitrogens with zero attached hydrogens (tertiary/aromatic N) is 2. The van der Waals surface area contributed by atoms with Crippen molar-refractivity contribution in [1.29, 1.82) is 0 Å². The van der Waals surface area contributed by atoms with Crippen LogP contribution in [0.4, 0.5) is 0 Å². The summed E-state index contributed by atoms with van der Waals surface area (Å²) in [5.41, 5.74) is 7.60. The smallest absolute Gasteiger partial charge is 0.156 e. The van der Waals surface area contributed by atoms with Crippen LogP contribution < -0.4 is 15.8 Å². The van der Waals surface area contributed by atoms with Gasteiger partial charge in [-0.3, -0.25) is 9.97 Å². The van der Waals surface area contributed by atoms with Gasteiger partial charge < -0.3 is 0 Å². The minimum absolute atomic E-state index is 0.107. The lowest BCUT2D eigenvalue weighted by Crippen LogP contribution is -2.56. The molecule has 3 aromatic carbocycles. The fourth-order valence-corrected chi connectivity index (χ4v) is 15.8. The molecule has 0 spiro atoms. The standard InChI is InChI=1S/C42H48N2Si3/c1-42(2,3)47(35-23-17-12-18-24-35)40(33-25-27-36(43-29-33)45(4,5)6)38(31-19-13-10-14-20-31)39(32-21-15-11-16-22-32)41(47)34-26-28-37(44-30-34)46(7,8)9/h10-30H,1-9H3. The topological polar surface area (TPSA) is 25.8 Å². The van der Waals surface area contributed by atoms with Crippen LogP contribution >= 0.6 is 0 Å². The van der Waals surface area contributed by atoms with Gasteiger partial charge in [0.1, 0.15) is 16.1 Å². The summed E-state index contributed by atoms with van der Waals surface area (Å²) in [6.45, 7) is 21.7. The normalized spacial score (nSPS) is 15.3. The second kappa shape index (κ2) is 12.3. The van der Waals surface area contributed by atoms with Crippen molar-refractivity contribution in [2.24, 2.45) is 0 Å². The molecule has 0 fully saturated rings. The van der Waals surface area contributed by atoms with Crippen LogP contribution in [0.5, 0.6) is 0 Å². The van der Waals surface area contributed by atoms with Gasteiger partial charge in [-0.1, -0.05) is 163 Å². The molecule has 0 atom stereocenters. The monoisotopic (exact) mass is 664 g/mol. The number of benzene rings is 3. The maximum Gasteiger partial charge on any atom is 0.156 e. The van der Waals surface area contributed by atoms with Gasteiger partial charge in [0, 0.05) is 23.0 Å². The van der Waals surface area contributed by atoms with Crippen LogP contribution in [0.25, 0.3) is 21.5 Å². The highest BCUT2D eigenvalue weighted by Gasteiger charge is 2.58. The van der Waals surface area contributed by atoms with Gasteiger partial charge in [-0.05, 0) is 66.2 Å². The molecule has 0 radical (unpaired) electrons. The van der Waals surface area contributed by atoms with E-state index < -0.39 is 24.2 Å². The molecule has 1 aliphatic heterocycles. The van der Waals surface area contributed by atoms with Crippen LogP contribution in [-0.4, -0.2) is 34.2 Å². The van der Waals surface area contributed by atoms with Crippen molar-refractivity contribution >= 4 is 61.6 Å². The molecule has 0 aliphatic carbocycles. The highest BCUT2D eigenvalue weighted by atomic mass is 28.3. The summed E-state index contributed by atoms with van der Waals surface area (Å²) in [5.74, 6) is 0. The van der Waals surface area contributed by atoms with Crippen molar-refractivity contribution in [2.45, 2.75) is 65.1 Å². The van der Waals surface area contributed by atoms with Crippen molar-refractivity contribution in [1.82, 2.24) is 9.97 Å². The molecule has 5 heteroatoms. The quantitative estimate of drug-likeness (QED) is 0.162. The van der Waals surface area contributed by atoms with Crippen LogP contribution in [0.15, 0.2) is 128 Å². The van der Waals surface area contributed by atoms with Gasteiger partial charge >= 0.3 is 0 Å². The lowest BCUT2D eigenvalue weighted by Gasteiger charge is -2.45. The molecule has 6 rings (SSSR count). The largest absolute Gasteiger partial charge is 0.266 e. The molecular formula is C42H48N2Si3. The average molecular weight is 665 g/mol. The zero-order valence-electron chi connectivity index (χ0n) is 29.5. The average Bonchev–Trinajstić information content (AvgIpc) is 3.39. The number of hydrogen-bond donors (Lipinski definition) is 0. The maximum atomic E-state index is 5.22. The number of rotatable bonds is 7. The summed E-state index contributed by atoms with van der Waals surface area (Å²) in [4.78, 5) is 10.4. The number of pyridine rings is 2. The Hall–Kier alpha value is -3.91. The molecule has 0 bridgehead atoms. The predicted molar refractivity (Wildman–Crippen MR) is 212 cm³/mol. The van der Waals surface area contributed by atoms with Gasteiger partial charge in [0.05, 0.1) is 0 Å². The first-order chi connectivity index (χ1) is 22.2. The summed E-state index contributed by atoms with van der Waals surface area (Å²) < 4.78 is 0.